The monoisotopic (exact) mass is 356 g/mol. The molecule has 0 aliphatic heterocycles. The van der Waals surface area contributed by atoms with Gasteiger partial charge in [-0.1, -0.05) is 50.4 Å². The first-order chi connectivity index (χ1) is 8.22. The van der Waals surface area contributed by atoms with Gasteiger partial charge in [-0.05, 0) is 61.1 Å². The molecule has 0 aromatic heterocycles. The molecule has 0 saturated heterocycles. The molecule has 1 aromatic carbocycles. The molecule has 4 unspecified atom stereocenters. The second-order valence-electron chi connectivity index (χ2n) is 5.69. The summed E-state index contributed by atoms with van der Waals surface area (Å²) in [6.45, 7) is 0. The Labute approximate surface area is 120 Å². The zero-order valence-corrected chi connectivity index (χ0v) is 13.1. The van der Waals surface area contributed by atoms with Gasteiger partial charge in [-0.25, -0.2) is 0 Å². The molecule has 2 bridgehead atoms. The largest absolute Gasteiger partial charge is 0.0839 e. The van der Waals surface area contributed by atoms with E-state index in [0.29, 0.717) is 4.83 Å². The summed E-state index contributed by atoms with van der Waals surface area (Å²) in [4.78, 5) is 0.542. The highest BCUT2D eigenvalue weighted by atomic mass is 79.9. The molecule has 0 N–H and O–H groups in total. The van der Waals surface area contributed by atoms with Crippen LogP contribution in [0.4, 0.5) is 0 Å². The highest BCUT2D eigenvalue weighted by Crippen LogP contribution is 2.51. The molecule has 0 spiro atoms. The lowest BCUT2D eigenvalue weighted by atomic mass is 9.84. The summed E-state index contributed by atoms with van der Waals surface area (Å²) in [5, 5.41) is 0. The Kier molecular flexibility index (Phi) is 3.63. The maximum Gasteiger partial charge on any atom is 0.0398 e. The van der Waals surface area contributed by atoms with Gasteiger partial charge in [0.05, 0.1) is 0 Å². The predicted octanol–water partition coefficient (Wildman–Crippen LogP) is 5.71. The molecule has 3 rings (SSSR count). The minimum Gasteiger partial charge on any atom is -0.0839 e. The Balaban J connectivity index is 1.63. The van der Waals surface area contributed by atoms with Crippen molar-refractivity contribution < 1.29 is 0 Å². The number of alkyl halides is 1. The summed E-state index contributed by atoms with van der Waals surface area (Å²) in [6.07, 6.45) is 7.33. The van der Waals surface area contributed by atoms with E-state index in [9.17, 15) is 0 Å². The SMILES string of the molecule is Brc1ccc(C(Br)CC2CC3CCC2C3)cc1. The Hall–Kier alpha value is 0.180. The first-order valence-electron chi connectivity index (χ1n) is 6.62. The van der Waals surface area contributed by atoms with Crippen molar-refractivity contribution in [3.8, 4) is 0 Å². The Morgan fingerprint density at radius 2 is 1.88 bits per heavy atom. The van der Waals surface area contributed by atoms with Crippen LogP contribution in [0.1, 0.15) is 42.5 Å². The van der Waals surface area contributed by atoms with Gasteiger partial charge in [-0.15, -0.1) is 0 Å². The van der Waals surface area contributed by atoms with Crippen molar-refractivity contribution in [1.29, 1.82) is 0 Å². The Morgan fingerprint density at radius 3 is 2.47 bits per heavy atom. The summed E-state index contributed by atoms with van der Waals surface area (Å²) in [5.41, 5.74) is 1.43. The van der Waals surface area contributed by atoms with Crippen molar-refractivity contribution in [1.82, 2.24) is 0 Å². The zero-order chi connectivity index (χ0) is 11.8. The van der Waals surface area contributed by atoms with Gasteiger partial charge in [0.2, 0.25) is 0 Å². The number of fused-ring (bicyclic) bond motifs is 2. The molecule has 17 heavy (non-hydrogen) atoms. The summed E-state index contributed by atoms with van der Waals surface area (Å²) >= 11 is 7.37. The molecule has 92 valence electrons. The van der Waals surface area contributed by atoms with Gasteiger partial charge in [-0.3, -0.25) is 0 Å². The van der Waals surface area contributed by atoms with Crippen LogP contribution in [0.25, 0.3) is 0 Å². The van der Waals surface area contributed by atoms with E-state index in [0.717, 1.165) is 17.8 Å². The van der Waals surface area contributed by atoms with E-state index in [-0.39, 0.29) is 0 Å². The van der Waals surface area contributed by atoms with Crippen LogP contribution >= 0.6 is 31.9 Å². The van der Waals surface area contributed by atoms with E-state index >= 15 is 0 Å². The first-order valence-corrected chi connectivity index (χ1v) is 8.33. The number of hydrogen-bond acceptors (Lipinski definition) is 0. The maximum absolute atomic E-state index is 3.88. The zero-order valence-electron chi connectivity index (χ0n) is 9.91. The third kappa shape index (κ3) is 2.63. The van der Waals surface area contributed by atoms with E-state index in [4.69, 9.17) is 0 Å². The van der Waals surface area contributed by atoms with Crippen LogP contribution in [0.15, 0.2) is 28.7 Å². The number of rotatable bonds is 3. The van der Waals surface area contributed by atoms with E-state index < -0.39 is 0 Å². The third-order valence-electron chi connectivity index (χ3n) is 4.63. The number of hydrogen-bond donors (Lipinski definition) is 0. The fourth-order valence-electron chi connectivity index (χ4n) is 3.74. The smallest absolute Gasteiger partial charge is 0.0398 e. The van der Waals surface area contributed by atoms with E-state index in [2.05, 4.69) is 56.1 Å². The summed E-state index contributed by atoms with van der Waals surface area (Å²) < 4.78 is 1.17. The van der Waals surface area contributed by atoms with Crippen LogP contribution < -0.4 is 0 Å². The molecule has 0 heterocycles. The summed E-state index contributed by atoms with van der Waals surface area (Å²) in [5.74, 6) is 3.08. The highest BCUT2D eigenvalue weighted by Gasteiger charge is 2.39. The second-order valence-corrected chi connectivity index (χ2v) is 7.71. The highest BCUT2D eigenvalue weighted by molar-refractivity contribution is 9.10. The molecule has 2 aliphatic carbocycles. The molecule has 2 fully saturated rings. The van der Waals surface area contributed by atoms with Gasteiger partial charge in [-0.2, -0.15) is 0 Å². The van der Waals surface area contributed by atoms with Crippen LogP contribution in [0.5, 0.6) is 0 Å². The fraction of sp³-hybridized carbons (Fsp3) is 0.600. The van der Waals surface area contributed by atoms with Gasteiger partial charge < -0.3 is 0 Å². The van der Waals surface area contributed by atoms with Crippen molar-refractivity contribution in [3.05, 3.63) is 34.3 Å². The third-order valence-corrected chi connectivity index (χ3v) is 6.06. The fourth-order valence-corrected chi connectivity index (χ4v) is 4.79. The van der Waals surface area contributed by atoms with Crippen molar-refractivity contribution in [3.63, 3.8) is 0 Å². The van der Waals surface area contributed by atoms with Crippen molar-refractivity contribution in [2.24, 2.45) is 17.8 Å². The topological polar surface area (TPSA) is 0 Å². The molecule has 1 aromatic rings. The molecule has 0 amide bonds. The van der Waals surface area contributed by atoms with Crippen LogP contribution in [-0.2, 0) is 0 Å². The van der Waals surface area contributed by atoms with Gasteiger partial charge in [0.1, 0.15) is 0 Å². The number of benzene rings is 1. The van der Waals surface area contributed by atoms with E-state index in [1.807, 2.05) is 0 Å². The van der Waals surface area contributed by atoms with Gasteiger partial charge >= 0.3 is 0 Å². The lowest BCUT2D eigenvalue weighted by molar-refractivity contribution is 0.314. The van der Waals surface area contributed by atoms with Gasteiger partial charge in [0.25, 0.3) is 0 Å². The normalized spacial score (nSPS) is 32.9. The minimum atomic E-state index is 0.542. The molecule has 0 nitrogen and oxygen atoms in total. The average Bonchev–Trinajstić information content (AvgIpc) is 2.91. The molecule has 2 saturated carbocycles. The number of halogens is 2. The summed E-state index contributed by atoms with van der Waals surface area (Å²) in [7, 11) is 0. The van der Waals surface area contributed by atoms with E-state index in [1.165, 1.54) is 42.1 Å². The molecule has 2 heteroatoms. The van der Waals surface area contributed by atoms with Crippen molar-refractivity contribution in [2.45, 2.75) is 36.9 Å². The van der Waals surface area contributed by atoms with Crippen molar-refractivity contribution in [2.75, 3.05) is 0 Å². The predicted molar refractivity (Wildman–Crippen MR) is 79.4 cm³/mol. The second kappa shape index (κ2) is 5.05. The average molecular weight is 358 g/mol. The lowest BCUT2D eigenvalue weighted by Crippen LogP contribution is -2.12. The van der Waals surface area contributed by atoms with Crippen LogP contribution in [-0.4, -0.2) is 0 Å². The van der Waals surface area contributed by atoms with Gasteiger partial charge in [0, 0.05) is 9.30 Å². The van der Waals surface area contributed by atoms with Crippen LogP contribution in [0.2, 0.25) is 0 Å². The lowest BCUT2D eigenvalue weighted by Gasteiger charge is -2.24. The molecule has 4 atom stereocenters. The Morgan fingerprint density at radius 1 is 1.12 bits per heavy atom. The van der Waals surface area contributed by atoms with Crippen molar-refractivity contribution >= 4 is 31.9 Å². The Bertz CT molecular complexity index is 384. The van der Waals surface area contributed by atoms with Gasteiger partial charge in [0.15, 0.2) is 0 Å². The molecular formula is C15H18Br2. The molecule has 2 aliphatic rings. The summed E-state index contributed by atoms with van der Waals surface area (Å²) in [6, 6.07) is 8.75. The standard InChI is InChI=1S/C15H18Br2/c16-14-5-3-11(4-6-14)15(17)9-13-8-10-1-2-12(13)7-10/h3-6,10,12-13,15H,1-2,7-9H2. The minimum absolute atomic E-state index is 0.542. The quantitative estimate of drug-likeness (QED) is 0.607. The first kappa shape index (κ1) is 12.2. The molecule has 0 radical (unpaired) electrons. The van der Waals surface area contributed by atoms with Crippen LogP contribution in [0, 0.1) is 17.8 Å². The molecular weight excluding hydrogens is 340 g/mol. The van der Waals surface area contributed by atoms with E-state index in [1.54, 1.807) is 0 Å². The maximum atomic E-state index is 3.88. The van der Waals surface area contributed by atoms with Crippen LogP contribution in [0.3, 0.4) is 0 Å².